The third-order valence-electron chi connectivity index (χ3n) is 3.86. The van der Waals surface area contributed by atoms with Crippen molar-refractivity contribution in [2.45, 2.75) is 58.2 Å². The van der Waals surface area contributed by atoms with E-state index in [1.165, 1.54) is 4.90 Å². The number of hydrogen-bond donors (Lipinski definition) is 0. The van der Waals surface area contributed by atoms with Crippen molar-refractivity contribution in [3.63, 3.8) is 0 Å². The van der Waals surface area contributed by atoms with Crippen LogP contribution in [-0.2, 0) is 23.2 Å². The average Bonchev–Trinajstić information content (AvgIpc) is 2.87. The third-order valence-corrected chi connectivity index (χ3v) is 6.84. The summed E-state index contributed by atoms with van der Waals surface area (Å²) >= 11 is 6.55. The van der Waals surface area contributed by atoms with Gasteiger partial charge in [-0.15, -0.1) is 0 Å². The molecular formula is C20H28N2O5S2Si2. The van der Waals surface area contributed by atoms with Crippen LogP contribution in [0.3, 0.4) is 0 Å². The Labute approximate surface area is 194 Å². The van der Waals surface area contributed by atoms with Gasteiger partial charge in [-0.25, -0.2) is 0 Å². The van der Waals surface area contributed by atoms with E-state index in [0.717, 1.165) is 17.3 Å². The van der Waals surface area contributed by atoms with Gasteiger partial charge in [-0.1, -0.05) is 24.0 Å². The number of pyridine rings is 1. The van der Waals surface area contributed by atoms with Gasteiger partial charge in [0.15, 0.2) is 0 Å². The highest BCUT2D eigenvalue weighted by atomic mass is 32.2. The first-order chi connectivity index (χ1) is 14.3. The van der Waals surface area contributed by atoms with Crippen LogP contribution in [0.1, 0.15) is 18.4 Å². The number of nitrogens with zero attached hydrogens (tertiary/aromatic N) is 2. The van der Waals surface area contributed by atoms with Gasteiger partial charge in [-0.2, -0.15) is 0 Å². The molecule has 2 heterocycles. The molecule has 0 N–H and O–H groups in total. The number of carbonyl (C=O) groups is 3. The van der Waals surface area contributed by atoms with Crippen LogP contribution in [0.2, 0.25) is 39.3 Å². The summed E-state index contributed by atoms with van der Waals surface area (Å²) in [5.74, 6) is -1.30. The molecule has 1 unspecified atom stereocenters. The monoisotopic (exact) mass is 496 g/mol. The summed E-state index contributed by atoms with van der Waals surface area (Å²) < 4.78 is 11.4. The van der Waals surface area contributed by atoms with Crippen LogP contribution in [0.4, 0.5) is 0 Å². The maximum atomic E-state index is 13.1. The lowest BCUT2D eigenvalue weighted by Crippen LogP contribution is -2.47. The lowest BCUT2D eigenvalue weighted by Gasteiger charge is -2.28. The van der Waals surface area contributed by atoms with Gasteiger partial charge in [0.25, 0.3) is 11.9 Å². The highest BCUT2D eigenvalue weighted by Crippen LogP contribution is 2.35. The fourth-order valence-electron chi connectivity index (χ4n) is 2.73. The topological polar surface area (TPSA) is 85.8 Å². The van der Waals surface area contributed by atoms with E-state index in [4.69, 9.17) is 21.1 Å². The zero-order valence-electron chi connectivity index (χ0n) is 18.6. The van der Waals surface area contributed by atoms with Crippen molar-refractivity contribution in [2.24, 2.45) is 0 Å². The summed E-state index contributed by atoms with van der Waals surface area (Å²) in [7, 11) is -4.27. The first-order valence-electron chi connectivity index (χ1n) is 9.88. The first kappa shape index (κ1) is 25.4. The van der Waals surface area contributed by atoms with Crippen LogP contribution < -0.4 is 0 Å². The Hall–Kier alpha value is -1.83. The highest BCUT2D eigenvalue weighted by Gasteiger charge is 2.42. The molecule has 1 aromatic heterocycles. The molecule has 31 heavy (non-hydrogen) atoms. The molecule has 1 aromatic rings. The maximum absolute atomic E-state index is 13.1. The number of amides is 1. The molecule has 1 fully saturated rings. The summed E-state index contributed by atoms with van der Waals surface area (Å²) in [6, 6.07) is 2.57. The Morgan fingerprint density at radius 3 is 2.26 bits per heavy atom. The van der Waals surface area contributed by atoms with Crippen molar-refractivity contribution in [3.05, 3.63) is 35.0 Å². The highest BCUT2D eigenvalue weighted by molar-refractivity contribution is 8.26. The molecule has 1 amide bonds. The number of carbonyl (C=O) groups excluding carboxylic acids is 3. The van der Waals surface area contributed by atoms with E-state index in [9.17, 15) is 14.4 Å². The second-order valence-electron chi connectivity index (χ2n) is 9.01. The van der Waals surface area contributed by atoms with Crippen molar-refractivity contribution < 1.29 is 23.2 Å². The van der Waals surface area contributed by atoms with Gasteiger partial charge in [0.1, 0.15) is 10.4 Å². The zero-order chi connectivity index (χ0) is 23.4. The van der Waals surface area contributed by atoms with Crippen molar-refractivity contribution in [2.75, 3.05) is 0 Å². The van der Waals surface area contributed by atoms with Crippen molar-refractivity contribution in [3.8, 4) is 0 Å². The molecule has 0 saturated carbocycles. The number of thioether (sulfide) groups is 1. The number of rotatable bonds is 8. The van der Waals surface area contributed by atoms with E-state index in [1.54, 1.807) is 30.6 Å². The molecule has 1 aliphatic heterocycles. The van der Waals surface area contributed by atoms with E-state index in [1.807, 2.05) is 39.3 Å². The summed E-state index contributed by atoms with van der Waals surface area (Å²) in [5.41, 5.74) is 0.801. The Balaban J connectivity index is 2.26. The molecule has 0 aromatic carbocycles. The summed E-state index contributed by atoms with van der Waals surface area (Å²) in [6.45, 7) is 11.4. The van der Waals surface area contributed by atoms with Crippen molar-refractivity contribution in [1.82, 2.24) is 9.88 Å². The SMILES string of the molecule is C[Si](C)(C)OC(=O)CCC(C(=O)O[Si](C)(C)C)N1C(=O)/C(=C\c2ccncc2)SC1=S. The van der Waals surface area contributed by atoms with E-state index in [2.05, 4.69) is 4.98 Å². The third kappa shape index (κ3) is 7.98. The fourth-order valence-corrected chi connectivity index (χ4v) is 5.61. The van der Waals surface area contributed by atoms with Gasteiger partial charge in [-0.05, 0) is 69.5 Å². The molecule has 11 heteroatoms. The Kier molecular flexibility index (Phi) is 8.36. The van der Waals surface area contributed by atoms with E-state index < -0.39 is 28.6 Å². The molecule has 7 nitrogen and oxygen atoms in total. The van der Waals surface area contributed by atoms with Crippen molar-refractivity contribution in [1.29, 1.82) is 0 Å². The molecule has 0 radical (unpaired) electrons. The zero-order valence-corrected chi connectivity index (χ0v) is 22.3. The minimum absolute atomic E-state index is 0.00377. The molecule has 0 bridgehead atoms. The Bertz CT molecular complexity index is 895. The fraction of sp³-hybridized carbons (Fsp3) is 0.450. The standard InChI is InChI=1S/C20H28N2O5S2Si2/c1-30(2,3)26-17(23)8-7-15(19(25)27-31(4,5)6)22-18(24)16(29-20(22)28)13-14-9-11-21-12-10-14/h9-13,15H,7-8H2,1-6H3/b16-13+. The van der Waals surface area contributed by atoms with Crippen LogP contribution in [0, 0.1) is 0 Å². The van der Waals surface area contributed by atoms with Crippen LogP contribution in [0.25, 0.3) is 6.08 Å². The van der Waals surface area contributed by atoms with Crippen LogP contribution in [0.15, 0.2) is 29.4 Å². The molecule has 1 atom stereocenters. The second-order valence-corrected chi connectivity index (χ2v) is 19.5. The van der Waals surface area contributed by atoms with Crippen LogP contribution in [-0.4, -0.2) is 54.7 Å². The van der Waals surface area contributed by atoms with E-state index in [0.29, 0.717) is 4.91 Å². The minimum atomic E-state index is -2.22. The summed E-state index contributed by atoms with van der Waals surface area (Å²) in [6.07, 6.45) is 5.05. The van der Waals surface area contributed by atoms with Crippen LogP contribution >= 0.6 is 24.0 Å². The normalized spacial score (nSPS) is 17.1. The number of hydrogen-bond acceptors (Lipinski definition) is 8. The van der Waals surface area contributed by atoms with E-state index in [-0.39, 0.29) is 29.0 Å². The first-order valence-corrected chi connectivity index (χ1v) is 17.9. The van der Waals surface area contributed by atoms with Gasteiger partial charge in [0.2, 0.25) is 16.6 Å². The van der Waals surface area contributed by atoms with Crippen LogP contribution in [0.5, 0.6) is 0 Å². The molecule has 0 aliphatic carbocycles. The quantitative estimate of drug-likeness (QED) is 0.301. The predicted molar refractivity (Wildman–Crippen MR) is 131 cm³/mol. The molecular weight excluding hydrogens is 469 g/mol. The molecule has 168 valence electrons. The van der Waals surface area contributed by atoms with Gasteiger partial charge >= 0.3 is 5.97 Å². The van der Waals surface area contributed by atoms with Gasteiger partial charge in [0.05, 0.1) is 4.91 Å². The van der Waals surface area contributed by atoms with Gasteiger partial charge in [0, 0.05) is 18.8 Å². The van der Waals surface area contributed by atoms with E-state index >= 15 is 0 Å². The summed E-state index contributed by atoms with van der Waals surface area (Å²) in [5, 5.41) is 0. The number of aromatic nitrogens is 1. The van der Waals surface area contributed by atoms with Gasteiger partial charge in [-0.3, -0.25) is 24.3 Å². The second kappa shape index (κ2) is 10.2. The molecule has 2 rings (SSSR count). The van der Waals surface area contributed by atoms with Gasteiger partial charge < -0.3 is 8.85 Å². The number of thiocarbonyl (C=S) groups is 1. The largest absolute Gasteiger partial charge is 0.520 e. The average molecular weight is 497 g/mol. The Morgan fingerprint density at radius 1 is 1.13 bits per heavy atom. The Morgan fingerprint density at radius 2 is 1.71 bits per heavy atom. The summed E-state index contributed by atoms with van der Waals surface area (Å²) in [4.78, 5) is 44.0. The molecule has 0 spiro atoms. The maximum Gasteiger partial charge on any atom is 0.316 e. The minimum Gasteiger partial charge on any atom is -0.520 e. The molecule has 1 aliphatic rings. The lowest BCUT2D eigenvalue weighted by atomic mass is 10.1. The molecule has 1 saturated heterocycles. The smallest absolute Gasteiger partial charge is 0.316 e. The van der Waals surface area contributed by atoms with Crippen molar-refractivity contribution >= 4 is 68.9 Å². The lowest BCUT2D eigenvalue weighted by molar-refractivity contribution is -0.144. The predicted octanol–water partition coefficient (Wildman–Crippen LogP) is 4.19.